The molecule has 0 spiro atoms. The molecule has 2 aromatic heterocycles. The van der Waals surface area contributed by atoms with Gasteiger partial charge in [0.15, 0.2) is 5.78 Å². The number of aromatic nitrogens is 3. The number of benzene rings is 1. The molecule has 0 unspecified atom stereocenters. The van der Waals surface area contributed by atoms with Gasteiger partial charge in [0.1, 0.15) is 23.9 Å². The summed E-state index contributed by atoms with van der Waals surface area (Å²) in [4.78, 5) is 17.3. The molecule has 1 aliphatic carbocycles. The fourth-order valence-corrected chi connectivity index (χ4v) is 3.86. The van der Waals surface area contributed by atoms with Crippen molar-refractivity contribution in [1.82, 2.24) is 14.8 Å². The molecule has 2 atom stereocenters. The molecule has 0 fully saturated rings. The highest BCUT2D eigenvalue weighted by atomic mass is 19.1. The minimum Gasteiger partial charge on any atom is -0.469 e. The quantitative estimate of drug-likeness (QED) is 0.767. The Labute approximate surface area is 148 Å². The summed E-state index contributed by atoms with van der Waals surface area (Å²) in [6, 6.07) is 9.55. The zero-order valence-corrected chi connectivity index (χ0v) is 13.7. The summed E-state index contributed by atoms with van der Waals surface area (Å²) in [5.74, 6) is 0.841. The van der Waals surface area contributed by atoms with E-state index in [1.165, 1.54) is 12.4 Å². The second-order valence-electron chi connectivity index (χ2n) is 6.51. The van der Waals surface area contributed by atoms with Crippen LogP contribution >= 0.6 is 0 Å². The molecule has 5 rings (SSSR count). The first kappa shape index (κ1) is 15.1. The number of anilines is 1. The lowest BCUT2D eigenvalue weighted by molar-refractivity contribution is -0.117. The minimum atomic E-state index is -0.616. The van der Waals surface area contributed by atoms with Gasteiger partial charge < -0.3 is 9.73 Å². The lowest BCUT2D eigenvalue weighted by Gasteiger charge is -2.34. The van der Waals surface area contributed by atoms with Crippen LogP contribution in [0.25, 0.3) is 0 Å². The molecule has 0 radical (unpaired) electrons. The van der Waals surface area contributed by atoms with Crippen molar-refractivity contribution in [3.05, 3.63) is 77.4 Å². The van der Waals surface area contributed by atoms with Gasteiger partial charge in [-0.15, -0.1) is 0 Å². The second kappa shape index (κ2) is 5.66. The van der Waals surface area contributed by atoms with Crippen molar-refractivity contribution in [2.24, 2.45) is 0 Å². The highest BCUT2D eigenvalue weighted by Gasteiger charge is 2.40. The van der Waals surface area contributed by atoms with Crippen molar-refractivity contribution in [3.63, 3.8) is 0 Å². The van der Waals surface area contributed by atoms with Gasteiger partial charge in [0.05, 0.1) is 6.26 Å². The summed E-state index contributed by atoms with van der Waals surface area (Å²) in [6.07, 6.45) is 3.94. The number of carbonyl (C=O) groups is 1. The van der Waals surface area contributed by atoms with E-state index in [1.54, 1.807) is 29.1 Å². The molecule has 0 amide bonds. The number of ketones is 1. The molecule has 0 bridgehead atoms. The molecule has 1 aliphatic heterocycles. The van der Waals surface area contributed by atoms with Crippen LogP contribution in [0.3, 0.4) is 0 Å². The van der Waals surface area contributed by atoms with Crippen LogP contribution in [-0.4, -0.2) is 20.5 Å². The van der Waals surface area contributed by atoms with Crippen LogP contribution < -0.4 is 5.32 Å². The highest BCUT2D eigenvalue weighted by molar-refractivity contribution is 6.00. The normalized spacial score (nSPS) is 22.0. The molecule has 130 valence electrons. The second-order valence-corrected chi connectivity index (χ2v) is 6.51. The van der Waals surface area contributed by atoms with Crippen molar-refractivity contribution in [2.45, 2.75) is 24.8 Å². The van der Waals surface area contributed by atoms with Crippen molar-refractivity contribution in [2.75, 3.05) is 5.32 Å². The number of hydrogen-bond donors (Lipinski definition) is 1. The van der Waals surface area contributed by atoms with Gasteiger partial charge >= 0.3 is 0 Å². The number of nitrogens with one attached hydrogen (secondary N) is 1. The number of allylic oxidation sites excluding steroid dienone is 2. The molecule has 26 heavy (non-hydrogen) atoms. The van der Waals surface area contributed by atoms with E-state index in [0.717, 1.165) is 11.5 Å². The first-order valence-corrected chi connectivity index (χ1v) is 8.43. The summed E-state index contributed by atoms with van der Waals surface area (Å²) in [7, 11) is 0. The Morgan fingerprint density at radius 1 is 1.19 bits per heavy atom. The third-order valence-electron chi connectivity index (χ3n) is 5.01. The van der Waals surface area contributed by atoms with Gasteiger partial charge in [-0.1, -0.05) is 18.2 Å². The van der Waals surface area contributed by atoms with Crippen LogP contribution in [0, 0.1) is 5.82 Å². The third-order valence-corrected chi connectivity index (χ3v) is 5.01. The highest BCUT2D eigenvalue weighted by Crippen LogP contribution is 2.44. The van der Waals surface area contributed by atoms with Gasteiger partial charge in [-0.25, -0.2) is 9.07 Å². The number of fused-ring (bicyclic) bond motifs is 1. The number of hydrogen-bond acceptors (Lipinski definition) is 5. The Morgan fingerprint density at radius 3 is 2.88 bits per heavy atom. The van der Waals surface area contributed by atoms with E-state index in [2.05, 4.69) is 15.4 Å². The molecule has 2 aliphatic rings. The van der Waals surface area contributed by atoms with Gasteiger partial charge in [0, 0.05) is 29.2 Å². The smallest absolute Gasteiger partial charge is 0.226 e. The lowest BCUT2D eigenvalue weighted by atomic mass is 9.79. The standard InChI is InChI=1S/C19H15FN4O2/c20-13-5-2-1-4-12(13)18-17-14(23-19-21-10-22-24(18)19)8-11(9-15(17)25)16-6-3-7-26-16/h1-7,10-11,18H,8-9H2,(H,21,22,23)/t11-,18-/m1/s1. The maximum absolute atomic E-state index is 14.5. The monoisotopic (exact) mass is 350 g/mol. The Balaban J connectivity index is 1.65. The summed E-state index contributed by atoms with van der Waals surface area (Å²) in [5.41, 5.74) is 1.73. The number of halogens is 1. The molecule has 6 nitrogen and oxygen atoms in total. The minimum absolute atomic E-state index is 0.0328. The van der Waals surface area contributed by atoms with E-state index in [1.807, 2.05) is 12.1 Å². The van der Waals surface area contributed by atoms with Gasteiger partial charge in [-0.3, -0.25) is 4.79 Å². The molecule has 1 aromatic carbocycles. The van der Waals surface area contributed by atoms with E-state index in [4.69, 9.17) is 4.42 Å². The van der Waals surface area contributed by atoms with Gasteiger partial charge in [-0.05, 0) is 24.6 Å². The zero-order chi connectivity index (χ0) is 17.7. The van der Waals surface area contributed by atoms with Crippen LogP contribution in [0.15, 0.2) is 64.7 Å². The summed E-state index contributed by atoms with van der Waals surface area (Å²) in [6.45, 7) is 0. The molecule has 0 saturated carbocycles. The molecule has 0 saturated heterocycles. The summed E-state index contributed by atoms with van der Waals surface area (Å²) < 4.78 is 21.6. The molecular weight excluding hydrogens is 335 g/mol. The first-order valence-electron chi connectivity index (χ1n) is 8.43. The van der Waals surface area contributed by atoms with Crippen molar-refractivity contribution < 1.29 is 13.6 Å². The van der Waals surface area contributed by atoms with Crippen LogP contribution in [0.2, 0.25) is 0 Å². The van der Waals surface area contributed by atoms with Crippen LogP contribution in [-0.2, 0) is 4.79 Å². The van der Waals surface area contributed by atoms with Crippen LogP contribution in [0.1, 0.15) is 36.1 Å². The first-order chi connectivity index (χ1) is 12.7. The van der Waals surface area contributed by atoms with Gasteiger partial charge in [-0.2, -0.15) is 10.1 Å². The SMILES string of the molecule is O=C1C[C@H](c2ccco2)CC2=C1[C@@H](c1ccccc1F)n1ncnc1N2. The molecule has 3 aromatic rings. The van der Waals surface area contributed by atoms with Crippen molar-refractivity contribution in [3.8, 4) is 0 Å². The maximum Gasteiger partial charge on any atom is 0.226 e. The van der Waals surface area contributed by atoms with Crippen LogP contribution in [0.5, 0.6) is 0 Å². The summed E-state index contributed by atoms with van der Waals surface area (Å²) >= 11 is 0. The average Bonchev–Trinajstić information content (AvgIpc) is 3.32. The van der Waals surface area contributed by atoms with Crippen LogP contribution in [0.4, 0.5) is 10.3 Å². The Morgan fingerprint density at radius 2 is 2.08 bits per heavy atom. The Kier molecular flexibility index (Phi) is 3.28. The largest absolute Gasteiger partial charge is 0.469 e. The third kappa shape index (κ3) is 2.20. The Bertz CT molecular complexity index is 1020. The molecule has 7 heteroatoms. The predicted molar refractivity (Wildman–Crippen MR) is 90.9 cm³/mol. The van der Waals surface area contributed by atoms with E-state index in [-0.39, 0.29) is 17.5 Å². The summed E-state index contributed by atoms with van der Waals surface area (Å²) in [5, 5.41) is 7.43. The van der Waals surface area contributed by atoms with E-state index in [9.17, 15) is 9.18 Å². The number of furan rings is 1. The van der Waals surface area contributed by atoms with E-state index in [0.29, 0.717) is 29.9 Å². The Hall–Kier alpha value is -3.22. The van der Waals surface area contributed by atoms with Crippen molar-refractivity contribution in [1.29, 1.82) is 0 Å². The average molecular weight is 350 g/mol. The van der Waals surface area contributed by atoms with E-state index >= 15 is 0 Å². The lowest BCUT2D eigenvalue weighted by Crippen LogP contribution is -2.33. The topological polar surface area (TPSA) is 73.0 Å². The molecular formula is C19H15FN4O2. The van der Waals surface area contributed by atoms with Gasteiger partial charge in [0.2, 0.25) is 5.95 Å². The molecule has 1 N–H and O–H groups in total. The number of Topliss-reactive ketones (excluding diaryl/α,β-unsaturated/α-hetero) is 1. The number of carbonyl (C=O) groups excluding carboxylic acids is 1. The fourth-order valence-electron chi connectivity index (χ4n) is 3.86. The number of nitrogens with zero attached hydrogens (tertiary/aromatic N) is 3. The number of rotatable bonds is 2. The van der Waals surface area contributed by atoms with E-state index < -0.39 is 6.04 Å². The fraction of sp³-hybridized carbons (Fsp3) is 0.211. The maximum atomic E-state index is 14.5. The van der Waals surface area contributed by atoms with Crippen molar-refractivity contribution >= 4 is 11.7 Å². The predicted octanol–water partition coefficient (Wildman–Crippen LogP) is 3.43. The van der Waals surface area contributed by atoms with Gasteiger partial charge in [0.25, 0.3) is 0 Å². The zero-order valence-electron chi connectivity index (χ0n) is 13.7. The molecule has 3 heterocycles.